The quantitative estimate of drug-likeness (QED) is 0.335. The van der Waals surface area contributed by atoms with Crippen molar-refractivity contribution in [3.63, 3.8) is 0 Å². The predicted octanol–water partition coefficient (Wildman–Crippen LogP) is 4.85. The Bertz CT molecular complexity index is 1120. The molecule has 3 rings (SSSR count). The fraction of sp³-hybridized carbons (Fsp3) is 0.261. The van der Waals surface area contributed by atoms with Gasteiger partial charge in [0.15, 0.2) is 11.0 Å². The summed E-state index contributed by atoms with van der Waals surface area (Å²) in [6, 6.07) is 12.0. The molecule has 1 heterocycles. The summed E-state index contributed by atoms with van der Waals surface area (Å²) in [5.74, 6) is 0.762. The van der Waals surface area contributed by atoms with E-state index in [0.717, 1.165) is 17.7 Å². The number of hydrogen-bond acceptors (Lipinski definition) is 5. The van der Waals surface area contributed by atoms with Crippen LogP contribution in [0.5, 0.6) is 0 Å². The minimum atomic E-state index is -4.43. The molecule has 0 saturated carbocycles. The van der Waals surface area contributed by atoms with Crippen molar-refractivity contribution in [2.45, 2.75) is 36.8 Å². The van der Waals surface area contributed by atoms with E-state index >= 15 is 0 Å². The average Bonchev–Trinajstić information content (AvgIpc) is 3.17. The van der Waals surface area contributed by atoms with Gasteiger partial charge < -0.3 is 14.6 Å². The largest absolute Gasteiger partial charge is 0.416 e. The van der Waals surface area contributed by atoms with E-state index in [0.29, 0.717) is 41.0 Å². The Balaban J connectivity index is 1.69. The molecule has 10 heteroatoms. The van der Waals surface area contributed by atoms with E-state index in [1.165, 1.54) is 17.8 Å². The Morgan fingerprint density at radius 3 is 2.73 bits per heavy atom. The lowest BCUT2D eigenvalue weighted by Crippen LogP contribution is -2.24. The number of amides is 1. The zero-order valence-corrected chi connectivity index (χ0v) is 18.7. The molecule has 0 aliphatic carbocycles. The van der Waals surface area contributed by atoms with Crippen LogP contribution in [-0.4, -0.2) is 27.8 Å². The summed E-state index contributed by atoms with van der Waals surface area (Å²) in [6.45, 7) is 4.58. The number of benzene rings is 2. The fourth-order valence-electron chi connectivity index (χ4n) is 3.12. The van der Waals surface area contributed by atoms with Crippen molar-refractivity contribution in [1.29, 1.82) is 0 Å². The highest BCUT2D eigenvalue weighted by Gasteiger charge is 2.30. The zero-order valence-electron chi connectivity index (χ0n) is 17.9. The lowest BCUT2D eigenvalue weighted by atomic mass is 10.1. The first kappa shape index (κ1) is 24.5. The van der Waals surface area contributed by atoms with E-state index in [9.17, 15) is 18.0 Å². The molecule has 1 amide bonds. The van der Waals surface area contributed by atoms with Crippen LogP contribution in [0.15, 0.2) is 66.3 Å². The summed E-state index contributed by atoms with van der Waals surface area (Å²) in [5, 5.41) is 11.7. The second-order valence-electron chi connectivity index (χ2n) is 7.06. The number of aromatic nitrogens is 3. The SMILES string of the molecule is C=CCn1c(COC)nnc1SCc1ccccc1C(=O)NCc1cccc(C(F)(F)F)c1. The Morgan fingerprint density at radius 1 is 1.21 bits per heavy atom. The van der Waals surface area contributed by atoms with Gasteiger partial charge >= 0.3 is 6.18 Å². The van der Waals surface area contributed by atoms with E-state index in [2.05, 4.69) is 22.1 Å². The maximum Gasteiger partial charge on any atom is 0.416 e. The smallest absolute Gasteiger partial charge is 0.377 e. The maximum atomic E-state index is 12.9. The van der Waals surface area contributed by atoms with Crippen molar-refractivity contribution in [1.82, 2.24) is 20.1 Å². The minimum Gasteiger partial charge on any atom is -0.377 e. The van der Waals surface area contributed by atoms with Gasteiger partial charge in [-0.1, -0.05) is 48.2 Å². The molecular weight excluding hydrogens is 453 g/mol. The zero-order chi connectivity index (χ0) is 23.8. The highest BCUT2D eigenvalue weighted by molar-refractivity contribution is 7.98. The number of carbonyl (C=O) groups excluding carboxylic acids is 1. The molecule has 0 saturated heterocycles. The van der Waals surface area contributed by atoms with E-state index in [1.807, 2.05) is 16.7 Å². The van der Waals surface area contributed by atoms with Crippen molar-refractivity contribution in [3.05, 3.63) is 89.3 Å². The number of nitrogens with one attached hydrogen (secondary N) is 1. The number of thioether (sulfide) groups is 1. The van der Waals surface area contributed by atoms with E-state index in [1.54, 1.807) is 31.4 Å². The third kappa shape index (κ3) is 6.45. The van der Waals surface area contributed by atoms with Crippen molar-refractivity contribution in [2.75, 3.05) is 7.11 Å². The molecule has 1 aromatic heterocycles. The van der Waals surface area contributed by atoms with E-state index in [4.69, 9.17) is 4.74 Å². The van der Waals surface area contributed by atoms with Crippen LogP contribution in [0.3, 0.4) is 0 Å². The summed E-state index contributed by atoms with van der Waals surface area (Å²) in [5.41, 5.74) is 0.838. The molecule has 2 aromatic carbocycles. The van der Waals surface area contributed by atoms with Gasteiger partial charge in [0.1, 0.15) is 6.61 Å². The average molecular weight is 477 g/mol. The van der Waals surface area contributed by atoms with Gasteiger partial charge in [0.25, 0.3) is 5.91 Å². The first-order valence-electron chi connectivity index (χ1n) is 10.0. The second-order valence-corrected chi connectivity index (χ2v) is 8.00. The van der Waals surface area contributed by atoms with Gasteiger partial charge in [0, 0.05) is 31.5 Å². The lowest BCUT2D eigenvalue weighted by molar-refractivity contribution is -0.137. The molecule has 174 valence electrons. The Labute approximate surface area is 193 Å². The molecule has 0 radical (unpaired) electrons. The number of alkyl halides is 3. The number of methoxy groups -OCH3 is 1. The molecule has 0 fully saturated rings. The van der Waals surface area contributed by atoms with Gasteiger partial charge in [-0.25, -0.2) is 0 Å². The summed E-state index contributed by atoms with van der Waals surface area (Å²) in [4.78, 5) is 12.8. The number of carbonyl (C=O) groups is 1. The van der Waals surface area contributed by atoms with Crippen molar-refractivity contribution in [3.8, 4) is 0 Å². The molecule has 1 N–H and O–H groups in total. The standard InChI is InChI=1S/C23H23F3N4O2S/c1-3-11-30-20(14-32-2)28-29-22(30)33-15-17-8-4-5-10-19(17)21(31)27-13-16-7-6-9-18(12-16)23(24,25)26/h3-10,12H,1,11,13-15H2,2H3,(H,27,31). The molecular formula is C23H23F3N4O2S. The Kier molecular flexibility index (Phi) is 8.29. The van der Waals surface area contributed by atoms with Gasteiger partial charge in [-0.3, -0.25) is 4.79 Å². The molecule has 0 spiro atoms. The van der Waals surface area contributed by atoms with Crippen LogP contribution in [0.25, 0.3) is 0 Å². The number of allylic oxidation sites excluding steroid dienone is 1. The van der Waals surface area contributed by atoms with Crippen LogP contribution in [0.2, 0.25) is 0 Å². The normalized spacial score (nSPS) is 11.4. The molecule has 0 aliphatic rings. The highest BCUT2D eigenvalue weighted by Crippen LogP contribution is 2.29. The van der Waals surface area contributed by atoms with Crippen LogP contribution < -0.4 is 5.32 Å². The Hall–Kier alpha value is -3.11. The van der Waals surface area contributed by atoms with Gasteiger partial charge in [-0.2, -0.15) is 13.2 Å². The van der Waals surface area contributed by atoms with Crippen molar-refractivity contribution in [2.24, 2.45) is 0 Å². The first-order chi connectivity index (χ1) is 15.8. The molecule has 0 aliphatic heterocycles. The molecule has 33 heavy (non-hydrogen) atoms. The summed E-state index contributed by atoms with van der Waals surface area (Å²) in [6.07, 6.45) is -2.69. The molecule has 0 unspecified atom stereocenters. The summed E-state index contributed by atoms with van der Waals surface area (Å²) < 4.78 is 45.8. The van der Waals surface area contributed by atoms with Crippen LogP contribution in [0.4, 0.5) is 13.2 Å². The number of nitrogens with zero attached hydrogens (tertiary/aromatic N) is 3. The van der Waals surface area contributed by atoms with Gasteiger partial charge in [0.05, 0.1) is 5.56 Å². The van der Waals surface area contributed by atoms with E-state index in [-0.39, 0.29) is 12.5 Å². The van der Waals surface area contributed by atoms with E-state index < -0.39 is 11.7 Å². The minimum absolute atomic E-state index is 0.0156. The topological polar surface area (TPSA) is 69.0 Å². The van der Waals surface area contributed by atoms with Crippen LogP contribution >= 0.6 is 11.8 Å². The molecule has 0 bridgehead atoms. The number of rotatable bonds is 10. The molecule has 3 aromatic rings. The van der Waals surface area contributed by atoms with Crippen molar-refractivity contribution >= 4 is 17.7 Å². The summed E-state index contributed by atoms with van der Waals surface area (Å²) >= 11 is 1.42. The number of hydrogen-bond donors (Lipinski definition) is 1. The lowest BCUT2D eigenvalue weighted by Gasteiger charge is -2.12. The summed E-state index contributed by atoms with van der Waals surface area (Å²) in [7, 11) is 1.58. The second kappa shape index (κ2) is 11.2. The predicted molar refractivity (Wildman–Crippen MR) is 120 cm³/mol. The first-order valence-corrected chi connectivity index (χ1v) is 11.0. The number of halogens is 3. The van der Waals surface area contributed by atoms with Gasteiger partial charge in [0.2, 0.25) is 0 Å². The van der Waals surface area contributed by atoms with Crippen LogP contribution in [0, 0.1) is 0 Å². The van der Waals surface area contributed by atoms with Crippen LogP contribution in [-0.2, 0) is 36.4 Å². The third-order valence-corrected chi connectivity index (χ3v) is 5.72. The monoisotopic (exact) mass is 476 g/mol. The maximum absolute atomic E-state index is 12.9. The van der Waals surface area contributed by atoms with Gasteiger partial charge in [-0.15, -0.1) is 16.8 Å². The Morgan fingerprint density at radius 2 is 2.00 bits per heavy atom. The van der Waals surface area contributed by atoms with Gasteiger partial charge in [-0.05, 0) is 29.3 Å². The van der Waals surface area contributed by atoms with Crippen molar-refractivity contribution < 1.29 is 22.7 Å². The highest BCUT2D eigenvalue weighted by atomic mass is 32.2. The fourth-order valence-corrected chi connectivity index (χ4v) is 4.09. The molecule has 6 nitrogen and oxygen atoms in total. The molecule has 0 atom stereocenters. The number of ether oxygens (including phenoxy) is 1. The van der Waals surface area contributed by atoms with Crippen LogP contribution in [0.1, 0.15) is 32.9 Å². The third-order valence-electron chi connectivity index (χ3n) is 4.70.